The fourth-order valence-corrected chi connectivity index (χ4v) is 2.65. The standard InChI is InChI=1S/C18H18N2O2.Na/c1-2-3-10-15-16(21)14-11-7-12-19-17(14)20(18(15)22)13-8-5-4-6-9-13;/h4-9,11-12,21H,2-3,10H2,1H3;/q;+1. The molecule has 0 aliphatic carbocycles. The van der Waals surface area contributed by atoms with Crippen molar-refractivity contribution in [2.45, 2.75) is 26.2 Å². The molecule has 3 rings (SSSR count). The second-order valence-electron chi connectivity index (χ2n) is 5.28. The van der Waals surface area contributed by atoms with Crippen molar-refractivity contribution in [2.24, 2.45) is 0 Å². The Labute approximate surface area is 157 Å². The van der Waals surface area contributed by atoms with Gasteiger partial charge in [-0.1, -0.05) is 31.5 Å². The minimum absolute atomic E-state index is 0. The first-order chi connectivity index (χ1) is 10.7. The van der Waals surface area contributed by atoms with Crippen LogP contribution in [0, 0.1) is 0 Å². The molecule has 0 bridgehead atoms. The number of nitrogens with zero attached hydrogens (tertiary/aromatic N) is 2. The van der Waals surface area contributed by atoms with Gasteiger partial charge in [-0.3, -0.25) is 9.36 Å². The van der Waals surface area contributed by atoms with E-state index in [9.17, 15) is 9.90 Å². The predicted molar refractivity (Wildman–Crippen MR) is 87.6 cm³/mol. The molecule has 0 saturated heterocycles. The summed E-state index contributed by atoms with van der Waals surface area (Å²) in [4.78, 5) is 17.2. The Morgan fingerprint density at radius 2 is 1.87 bits per heavy atom. The first-order valence-corrected chi connectivity index (χ1v) is 7.51. The number of fused-ring (bicyclic) bond motifs is 1. The largest absolute Gasteiger partial charge is 1.00 e. The van der Waals surface area contributed by atoms with Crippen LogP contribution in [-0.4, -0.2) is 14.7 Å². The Morgan fingerprint density at radius 1 is 1.13 bits per heavy atom. The summed E-state index contributed by atoms with van der Waals surface area (Å²) in [6.45, 7) is 2.06. The van der Waals surface area contributed by atoms with Crippen LogP contribution < -0.4 is 35.1 Å². The minimum Gasteiger partial charge on any atom is -0.507 e. The quantitative estimate of drug-likeness (QED) is 0.711. The van der Waals surface area contributed by atoms with E-state index in [0.717, 1.165) is 18.5 Å². The summed E-state index contributed by atoms with van der Waals surface area (Å²) in [6, 6.07) is 13.0. The first-order valence-electron chi connectivity index (χ1n) is 7.51. The van der Waals surface area contributed by atoms with E-state index in [4.69, 9.17) is 0 Å². The molecule has 0 aliphatic rings. The Hall–Kier alpha value is -1.62. The molecule has 0 radical (unpaired) electrons. The minimum atomic E-state index is -0.191. The second-order valence-corrected chi connectivity index (χ2v) is 5.28. The van der Waals surface area contributed by atoms with Gasteiger partial charge in [0.05, 0.1) is 16.6 Å². The number of aromatic nitrogens is 2. The third kappa shape index (κ3) is 3.34. The van der Waals surface area contributed by atoms with Crippen LogP contribution in [0.2, 0.25) is 0 Å². The third-order valence-electron chi connectivity index (χ3n) is 3.80. The number of benzene rings is 1. The van der Waals surface area contributed by atoms with Crippen molar-refractivity contribution in [3.05, 3.63) is 64.6 Å². The SMILES string of the molecule is CCCCc1c(O)c2cccnc2n(-c2ccccc2)c1=O.[Na+]. The fourth-order valence-electron chi connectivity index (χ4n) is 2.65. The topological polar surface area (TPSA) is 55.1 Å². The molecule has 0 atom stereocenters. The number of para-hydroxylation sites is 1. The number of hydrogen-bond donors (Lipinski definition) is 1. The maximum absolute atomic E-state index is 12.9. The van der Waals surface area contributed by atoms with E-state index in [0.29, 0.717) is 23.0 Å². The van der Waals surface area contributed by atoms with Crippen LogP contribution in [-0.2, 0) is 6.42 Å². The molecule has 2 aromatic heterocycles. The monoisotopic (exact) mass is 317 g/mol. The summed E-state index contributed by atoms with van der Waals surface area (Å²) in [5, 5.41) is 11.1. The van der Waals surface area contributed by atoms with Crippen molar-refractivity contribution in [1.29, 1.82) is 0 Å². The van der Waals surface area contributed by atoms with Gasteiger partial charge < -0.3 is 5.11 Å². The molecule has 0 amide bonds. The zero-order chi connectivity index (χ0) is 15.5. The van der Waals surface area contributed by atoms with E-state index in [1.54, 1.807) is 22.9 Å². The molecule has 4 nitrogen and oxygen atoms in total. The fraction of sp³-hybridized carbons (Fsp3) is 0.222. The van der Waals surface area contributed by atoms with Gasteiger partial charge in [-0.05, 0) is 37.1 Å². The van der Waals surface area contributed by atoms with Gasteiger partial charge in [0.25, 0.3) is 5.56 Å². The van der Waals surface area contributed by atoms with E-state index in [-0.39, 0.29) is 40.9 Å². The maximum atomic E-state index is 12.9. The molecule has 0 aliphatic heterocycles. The summed E-state index contributed by atoms with van der Waals surface area (Å²) in [6.07, 6.45) is 4.03. The van der Waals surface area contributed by atoms with E-state index >= 15 is 0 Å². The summed E-state index contributed by atoms with van der Waals surface area (Å²) < 4.78 is 1.58. The Morgan fingerprint density at radius 3 is 2.57 bits per heavy atom. The molecule has 0 spiro atoms. The van der Waals surface area contributed by atoms with Crippen LogP contribution >= 0.6 is 0 Å². The van der Waals surface area contributed by atoms with Gasteiger partial charge in [-0.15, -0.1) is 0 Å². The normalized spacial score (nSPS) is 10.5. The van der Waals surface area contributed by atoms with Gasteiger partial charge in [0.15, 0.2) is 5.65 Å². The smallest absolute Gasteiger partial charge is 0.507 e. The molecule has 2 heterocycles. The van der Waals surface area contributed by atoms with Crippen LogP contribution in [0.5, 0.6) is 5.75 Å². The number of aromatic hydroxyl groups is 1. The Balaban J connectivity index is 0.00000192. The molecule has 0 saturated carbocycles. The number of rotatable bonds is 4. The van der Waals surface area contributed by atoms with E-state index < -0.39 is 0 Å². The van der Waals surface area contributed by atoms with E-state index in [1.165, 1.54) is 0 Å². The molecular weight excluding hydrogens is 299 g/mol. The average Bonchev–Trinajstić information content (AvgIpc) is 2.56. The molecule has 0 unspecified atom stereocenters. The van der Waals surface area contributed by atoms with Crippen LogP contribution in [0.1, 0.15) is 25.3 Å². The second kappa shape index (κ2) is 7.77. The molecule has 3 aromatic rings. The van der Waals surface area contributed by atoms with E-state index in [2.05, 4.69) is 11.9 Å². The Bertz CT molecular complexity index is 860. The van der Waals surface area contributed by atoms with Crippen molar-refractivity contribution in [3.8, 4) is 11.4 Å². The van der Waals surface area contributed by atoms with Crippen molar-refractivity contribution in [1.82, 2.24) is 9.55 Å². The molecule has 1 N–H and O–H groups in total. The number of hydrogen-bond acceptors (Lipinski definition) is 3. The van der Waals surface area contributed by atoms with Gasteiger partial charge in [-0.2, -0.15) is 0 Å². The van der Waals surface area contributed by atoms with Crippen molar-refractivity contribution in [3.63, 3.8) is 0 Å². The van der Waals surface area contributed by atoms with Crippen molar-refractivity contribution < 1.29 is 34.7 Å². The van der Waals surface area contributed by atoms with Gasteiger partial charge in [0.2, 0.25) is 0 Å². The maximum Gasteiger partial charge on any atom is 1.00 e. The van der Waals surface area contributed by atoms with Gasteiger partial charge in [-0.25, -0.2) is 4.98 Å². The number of unbranched alkanes of at least 4 members (excludes halogenated alkanes) is 1. The molecular formula is C18H18N2NaO2+. The third-order valence-corrected chi connectivity index (χ3v) is 3.80. The van der Waals surface area contributed by atoms with Gasteiger partial charge in [0, 0.05) is 6.20 Å². The van der Waals surface area contributed by atoms with Crippen LogP contribution in [0.25, 0.3) is 16.7 Å². The molecule has 112 valence electrons. The first kappa shape index (κ1) is 17.7. The summed E-state index contributed by atoms with van der Waals surface area (Å²) >= 11 is 0. The summed E-state index contributed by atoms with van der Waals surface area (Å²) in [7, 11) is 0. The average molecular weight is 317 g/mol. The molecule has 1 aromatic carbocycles. The zero-order valence-electron chi connectivity index (χ0n) is 13.5. The molecule has 5 heteroatoms. The van der Waals surface area contributed by atoms with Crippen LogP contribution in [0.15, 0.2) is 53.5 Å². The molecule has 23 heavy (non-hydrogen) atoms. The van der Waals surface area contributed by atoms with Crippen molar-refractivity contribution >= 4 is 11.0 Å². The zero-order valence-corrected chi connectivity index (χ0v) is 15.5. The molecule has 0 fully saturated rings. The van der Waals surface area contributed by atoms with Crippen LogP contribution in [0.4, 0.5) is 0 Å². The summed E-state index contributed by atoms with van der Waals surface area (Å²) in [5.41, 5.74) is 1.51. The summed E-state index contributed by atoms with van der Waals surface area (Å²) in [5.74, 6) is 0.0636. The van der Waals surface area contributed by atoms with Gasteiger partial charge >= 0.3 is 29.6 Å². The van der Waals surface area contributed by atoms with E-state index in [1.807, 2.05) is 30.3 Å². The van der Waals surface area contributed by atoms with Crippen LogP contribution in [0.3, 0.4) is 0 Å². The Kier molecular flexibility index (Phi) is 5.99. The van der Waals surface area contributed by atoms with Crippen molar-refractivity contribution in [2.75, 3.05) is 0 Å². The number of pyridine rings is 2. The van der Waals surface area contributed by atoms with Gasteiger partial charge in [0.1, 0.15) is 5.75 Å². The predicted octanol–water partition coefficient (Wildman–Crippen LogP) is 0.438.